The quantitative estimate of drug-likeness (QED) is 0.416. The van der Waals surface area contributed by atoms with E-state index < -0.39 is 10.7 Å². The number of pyridine rings is 2. The molecule has 4 N–H and O–H groups in total. The zero-order valence-corrected chi connectivity index (χ0v) is 18.4. The van der Waals surface area contributed by atoms with Crippen molar-refractivity contribution in [1.82, 2.24) is 4.40 Å². The van der Waals surface area contributed by atoms with Crippen molar-refractivity contribution in [3.05, 3.63) is 92.0 Å². The second kappa shape index (κ2) is 7.43. The molecule has 7 heteroatoms. The minimum absolute atomic E-state index is 0.0548. The molecule has 152 valence electrons. The average molecular weight is 435 g/mol. The largest absolute Gasteiger partial charge is 0.388 e. The molecule has 3 aromatic heterocycles. The lowest BCUT2D eigenvalue weighted by Gasteiger charge is -2.16. The van der Waals surface area contributed by atoms with Crippen LogP contribution >= 0.6 is 22.0 Å². The number of aromatic nitrogens is 1. The lowest BCUT2D eigenvalue weighted by molar-refractivity contribution is 1.03. The SMILES string of the molecule is CNc1ccc2c(c1)S(N)=C(c1c(C)n3ccccc3c(Cc3cccs3)c1=O)N2. The Morgan fingerprint density at radius 1 is 1.20 bits per heavy atom. The van der Waals surface area contributed by atoms with E-state index in [0.29, 0.717) is 12.0 Å². The molecule has 0 fully saturated rings. The van der Waals surface area contributed by atoms with Crippen molar-refractivity contribution in [3.63, 3.8) is 0 Å². The van der Waals surface area contributed by atoms with E-state index in [9.17, 15) is 4.79 Å². The van der Waals surface area contributed by atoms with E-state index in [2.05, 4.69) is 27.2 Å². The number of rotatable bonds is 4. The van der Waals surface area contributed by atoms with Crippen molar-refractivity contribution in [2.24, 2.45) is 5.14 Å². The number of fused-ring (bicyclic) bond motifs is 2. The van der Waals surface area contributed by atoms with Gasteiger partial charge < -0.3 is 15.0 Å². The van der Waals surface area contributed by atoms with Gasteiger partial charge in [0.25, 0.3) is 0 Å². The van der Waals surface area contributed by atoms with Crippen molar-refractivity contribution in [3.8, 4) is 0 Å². The molecule has 0 spiro atoms. The molecule has 30 heavy (non-hydrogen) atoms. The van der Waals surface area contributed by atoms with Gasteiger partial charge in [-0.25, -0.2) is 0 Å². The molecule has 0 aliphatic carbocycles. The molecule has 1 aliphatic heterocycles. The normalized spacial score (nSPS) is 15.3. The summed E-state index contributed by atoms with van der Waals surface area (Å²) in [6.45, 7) is 1.99. The maximum atomic E-state index is 13.8. The second-order valence-electron chi connectivity index (χ2n) is 7.23. The monoisotopic (exact) mass is 434 g/mol. The van der Waals surface area contributed by atoms with Crippen LogP contribution < -0.4 is 21.2 Å². The smallest absolute Gasteiger partial charge is 0.195 e. The van der Waals surface area contributed by atoms with Crippen LogP contribution in [0.15, 0.2) is 69.8 Å². The van der Waals surface area contributed by atoms with Gasteiger partial charge in [-0.3, -0.25) is 9.93 Å². The molecule has 1 atom stereocenters. The zero-order valence-electron chi connectivity index (χ0n) is 16.7. The van der Waals surface area contributed by atoms with Crippen LogP contribution in [0.2, 0.25) is 0 Å². The van der Waals surface area contributed by atoms with E-state index >= 15 is 0 Å². The molecule has 5 nitrogen and oxygen atoms in total. The lowest BCUT2D eigenvalue weighted by atomic mass is 10.0. The molecule has 0 saturated carbocycles. The summed E-state index contributed by atoms with van der Waals surface area (Å²) in [4.78, 5) is 16.8. The van der Waals surface area contributed by atoms with Gasteiger partial charge in [0, 0.05) is 46.4 Å². The highest BCUT2D eigenvalue weighted by atomic mass is 32.2. The number of hydrogen-bond acceptors (Lipinski definition) is 5. The van der Waals surface area contributed by atoms with Crippen LogP contribution in [0.5, 0.6) is 0 Å². The molecule has 1 aliphatic rings. The van der Waals surface area contributed by atoms with Crippen molar-refractivity contribution in [2.45, 2.75) is 18.2 Å². The first-order chi connectivity index (χ1) is 14.6. The molecule has 0 radical (unpaired) electrons. The van der Waals surface area contributed by atoms with E-state index in [4.69, 9.17) is 5.14 Å². The third-order valence-electron chi connectivity index (χ3n) is 5.53. The van der Waals surface area contributed by atoms with Crippen LogP contribution in [-0.4, -0.2) is 16.4 Å². The summed E-state index contributed by atoms with van der Waals surface area (Å²) in [5.74, 6) is 0. The van der Waals surface area contributed by atoms with Crippen molar-refractivity contribution in [1.29, 1.82) is 0 Å². The molecular formula is C23H22N4OS2. The van der Waals surface area contributed by atoms with Crippen molar-refractivity contribution >= 4 is 43.9 Å². The van der Waals surface area contributed by atoms with E-state index in [1.807, 2.05) is 61.9 Å². The van der Waals surface area contributed by atoms with Gasteiger partial charge in [0.05, 0.1) is 21.8 Å². The first-order valence-corrected chi connectivity index (χ1v) is 11.9. The fraction of sp³-hybridized carbons (Fsp3) is 0.130. The Morgan fingerprint density at radius 3 is 2.83 bits per heavy atom. The van der Waals surface area contributed by atoms with Crippen LogP contribution in [-0.2, 0) is 6.42 Å². The number of aryl methyl sites for hydroxylation is 1. The third-order valence-corrected chi connectivity index (χ3v) is 7.96. The summed E-state index contributed by atoms with van der Waals surface area (Å²) < 4.78 is 2.10. The van der Waals surface area contributed by atoms with Crippen LogP contribution in [0.1, 0.15) is 21.7 Å². The summed E-state index contributed by atoms with van der Waals surface area (Å²) in [6.07, 6.45) is 2.63. The number of benzene rings is 1. The Morgan fingerprint density at radius 2 is 2.07 bits per heavy atom. The predicted molar refractivity (Wildman–Crippen MR) is 129 cm³/mol. The van der Waals surface area contributed by atoms with Gasteiger partial charge in [0.15, 0.2) is 5.43 Å². The minimum atomic E-state index is -0.704. The second-order valence-corrected chi connectivity index (χ2v) is 9.79. The summed E-state index contributed by atoms with van der Waals surface area (Å²) in [7, 11) is 1.18. The van der Waals surface area contributed by atoms with Gasteiger partial charge in [-0.2, -0.15) is 0 Å². The Hall–Kier alpha value is -2.87. The van der Waals surface area contributed by atoms with Crippen LogP contribution in [0.3, 0.4) is 0 Å². The molecule has 1 unspecified atom stereocenters. The fourth-order valence-corrected chi connectivity index (χ4v) is 6.21. The Balaban J connectivity index is 1.76. The first kappa shape index (κ1) is 19.1. The maximum Gasteiger partial charge on any atom is 0.195 e. The van der Waals surface area contributed by atoms with Gasteiger partial charge in [-0.1, -0.05) is 22.8 Å². The van der Waals surface area contributed by atoms with Gasteiger partial charge in [-0.05, 0) is 48.7 Å². The third kappa shape index (κ3) is 2.98. The molecule has 0 amide bonds. The van der Waals surface area contributed by atoms with Crippen LogP contribution in [0.25, 0.3) is 5.52 Å². The highest BCUT2D eigenvalue weighted by Crippen LogP contribution is 2.39. The topological polar surface area (TPSA) is 71.6 Å². The van der Waals surface area contributed by atoms with Crippen molar-refractivity contribution < 1.29 is 0 Å². The summed E-state index contributed by atoms with van der Waals surface area (Å²) in [5, 5.41) is 15.3. The van der Waals surface area contributed by atoms with E-state index in [1.165, 1.54) is 4.88 Å². The minimum Gasteiger partial charge on any atom is -0.388 e. The molecule has 5 rings (SSSR count). The van der Waals surface area contributed by atoms with Crippen molar-refractivity contribution in [2.75, 3.05) is 17.7 Å². The fourth-order valence-electron chi connectivity index (χ4n) is 3.98. The van der Waals surface area contributed by atoms with Gasteiger partial charge in [0.1, 0.15) is 0 Å². The number of anilines is 2. The number of nitrogens with one attached hydrogen (secondary N) is 2. The standard InChI is InChI=1S/C23H22N4OS2/c1-14-21(23-26-18-9-8-15(25-2)12-20(18)30(23)24)22(28)17(13-16-6-5-11-29-16)19-7-3-4-10-27(14)19/h3-12,25-26H,13,24H2,1-2H3. The van der Waals surface area contributed by atoms with Gasteiger partial charge >= 0.3 is 0 Å². The van der Waals surface area contributed by atoms with Crippen LogP contribution in [0.4, 0.5) is 11.4 Å². The Bertz CT molecular complexity index is 1370. The molecule has 0 bridgehead atoms. The lowest BCUT2D eigenvalue weighted by Crippen LogP contribution is -2.27. The van der Waals surface area contributed by atoms with E-state index in [1.54, 1.807) is 11.3 Å². The van der Waals surface area contributed by atoms with E-state index in [0.717, 1.165) is 38.0 Å². The molecular weight excluding hydrogens is 412 g/mol. The number of nitrogens with zero attached hydrogens (tertiary/aromatic N) is 1. The predicted octanol–water partition coefficient (Wildman–Crippen LogP) is 4.41. The molecule has 1 aromatic carbocycles. The molecule has 0 saturated heterocycles. The Kier molecular flexibility index (Phi) is 4.73. The van der Waals surface area contributed by atoms with Crippen LogP contribution in [0, 0.1) is 6.92 Å². The highest BCUT2D eigenvalue weighted by Gasteiger charge is 2.26. The number of hydrogen-bond donors (Lipinski definition) is 3. The number of nitrogens with two attached hydrogens (primary N) is 1. The zero-order chi connectivity index (χ0) is 20.8. The summed E-state index contributed by atoms with van der Waals surface area (Å²) >= 11 is 1.67. The maximum absolute atomic E-state index is 13.8. The summed E-state index contributed by atoms with van der Waals surface area (Å²) in [6, 6.07) is 16.2. The summed E-state index contributed by atoms with van der Waals surface area (Å²) in [5.41, 5.74) is 5.35. The van der Waals surface area contributed by atoms with E-state index in [-0.39, 0.29) is 5.43 Å². The first-order valence-electron chi connectivity index (χ1n) is 9.68. The van der Waals surface area contributed by atoms with Gasteiger partial charge in [-0.15, -0.1) is 11.3 Å². The average Bonchev–Trinajstić information content (AvgIpc) is 3.39. The molecule has 4 heterocycles. The van der Waals surface area contributed by atoms with Gasteiger partial charge in [0.2, 0.25) is 0 Å². The highest BCUT2D eigenvalue weighted by molar-refractivity contribution is 8.15. The number of thiophene rings is 1. The molecule has 4 aromatic rings. The Labute approximate surface area is 181 Å².